The van der Waals surface area contributed by atoms with Crippen molar-refractivity contribution in [1.29, 1.82) is 0 Å². The van der Waals surface area contributed by atoms with E-state index >= 15 is 0 Å². The standard InChI is InChI=1S/C24H32N4O3S/c1-6-7-10-25-24(32)28-26-14-19-8-9-20(21(13-19)30-5)31-15-22(29)27-23-17(3)11-16(2)12-18(23)4/h8-9,11-14H,6-7,10,15H2,1-5H3,(H,27,29)(H2,25,28,32)/b26-14-. The molecule has 32 heavy (non-hydrogen) atoms. The molecule has 7 nitrogen and oxygen atoms in total. The van der Waals surface area contributed by atoms with E-state index in [0.29, 0.717) is 16.6 Å². The van der Waals surface area contributed by atoms with Crippen molar-refractivity contribution in [1.82, 2.24) is 10.7 Å². The van der Waals surface area contributed by atoms with Gasteiger partial charge in [0.15, 0.2) is 23.2 Å². The lowest BCUT2D eigenvalue weighted by Crippen LogP contribution is -2.32. The molecule has 0 aliphatic carbocycles. The fourth-order valence-corrected chi connectivity index (χ4v) is 3.32. The largest absolute Gasteiger partial charge is 0.493 e. The van der Waals surface area contributed by atoms with Gasteiger partial charge in [-0.25, -0.2) is 0 Å². The Morgan fingerprint density at radius 1 is 1.12 bits per heavy atom. The maximum absolute atomic E-state index is 12.4. The highest BCUT2D eigenvalue weighted by Gasteiger charge is 2.11. The summed E-state index contributed by atoms with van der Waals surface area (Å²) in [6, 6.07) is 9.42. The second kappa shape index (κ2) is 12.7. The van der Waals surface area contributed by atoms with Gasteiger partial charge in [0.1, 0.15) is 0 Å². The van der Waals surface area contributed by atoms with E-state index in [1.165, 1.54) is 0 Å². The number of hydrogen-bond donors (Lipinski definition) is 3. The minimum Gasteiger partial charge on any atom is -0.493 e. The summed E-state index contributed by atoms with van der Waals surface area (Å²) < 4.78 is 11.1. The Morgan fingerprint density at radius 2 is 1.84 bits per heavy atom. The number of nitrogens with one attached hydrogen (secondary N) is 3. The van der Waals surface area contributed by atoms with Crippen LogP contribution in [0.3, 0.4) is 0 Å². The van der Waals surface area contributed by atoms with Gasteiger partial charge in [0.05, 0.1) is 13.3 Å². The van der Waals surface area contributed by atoms with E-state index in [9.17, 15) is 4.79 Å². The number of ether oxygens (including phenoxy) is 2. The molecule has 2 rings (SSSR count). The van der Waals surface area contributed by atoms with Crippen molar-refractivity contribution < 1.29 is 14.3 Å². The van der Waals surface area contributed by atoms with Crippen LogP contribution in [0.5, 0.6) is 11.5 Å². The van der Waals surface area contributed by atoms with E-state index in [2.05, 4.69) is 28.1 Å². The molecule has 0 atom stereocenters. The van der Waals surface area contributed by atoms with Gasteiger partial charge in [-0.2, -0.15) is 5.10 Å². The molecule has 0 spiro atoms. The number of carbonyl (C=O) groups excluding carboxylic acids is 1. The van der Waals surface area contributed by atoms with Crippen LogP contribution in [-0.4, -0.2) is 37.5 Å². The zero-order valence-electron chi connectivity index (χ0n) is 19.4. The summed E-state index contributed by atoms with van der Waals surface area (Å²) in [6.45, 7) is 8.79. The summed E-state index contributed by atoms with van der Waals surface area (Å²) >= 11 is 5.16. The van der Waals surface area contributed by atoms with Crippen LogP contribution in [0.15, 0.2) is 35.4 Å². The van der Waals surface area contributed by atoms with Crippen LogP contribution in [0.2, 0.25) is 0 Å². The van der Waals surface area contributed by atoms with Gasteiger partial charge in [-0.15, -0.1) is 0 Å². The monoisotopic (exact) mass is 456 g/mol. The molecule has 0 fully saturated rings. The molecule has 2 aromatic carbocycles. The highest BCUT2D eigenvalue weighted by atomic mass is 32.1. The molecule has 0 aliphatic rings. The lowest BCUT2D eigenvalue weighted by atomic mass is 10.1. The topological polar surface area (TPSA) is 84.0 Å². The summed E-state index contributed by atoms with van der Waals surface area (Å²) in [5.74, 6) is 0.746. The molecular weight excluding hydrogens is 424 g/mol. The quantitative estimate of drug-likeness (QED) is 0.215. The molecule has 8 heteroatoms. The first-order chi connectivity index (χ1) is 15.3. The fraction of sp³-hybridized carbons (Fsp3) is 0.375. The summed E-state index contributed by atoms with van der Waals surface area (Å²) in [4.78, 5) is 12.4. The van der Waals surface area contributed by atoms with Gasteiger partial charge in [0.2, 0.25) is 0 Å². The van der Waals surface area contributed by atoms with Crippen LogP contribution in [0.4, 0.5) is 5.69 Å². The van der Waals surface area contributed by atoms with Crippen molar-refractivity contribution in [3.63, 3.8) is 0 Å². The molecular formula is C24H32N4O3S. The van der Waals surface area contributed by atoms with Gasteiger partial charge in [-0.05, 0) is 74.3 Å². The Hall–Kier alpha value is -3.13. The minimum atomic E-state index is -0.235. The Labute approximate surface area is 195 Å². The van der Waals surface area contributed by atoms with E-state index in [-0.39, 0.29) is 12.5 Å². The van der Waals surface area contributed by atoms with E-state index in [1.54, 1.807) is 25.5 Å². The molecule has 172 valence electrons. The van der Waals surface area contributed by atoms with E-state index in [4.69, 9.17) is 21.7 Å². The van der Waals surface area contributed by atoms with E-state index in [1.807, 2.05) is 39.0 Å². The fourth-order valence-electron chi connectivity index (χ4n) is 3.16. The van der Waals surface area contributed by atoms with E-state index < -0.39 is 0 Å². The number of methoxy groups -OCH3 is 1. The molecule has 3 N–H and O–H groups in total. The Morgan fingerprint density at radius 3 is 2.50 bits per heavy atom. The lowest BCUT2D eigenvalue weighted by molar-refractivity contribution is -0.118. The zero-order valence-corrected chi connectivity index (χ0v) is 20.2. The lowest BCUT2D eigenvalue weighted by Gasteiger charge is -2.14. The maximum Gasteiger partial charge on any atom is 0.262 e. The van der Waals surface area contributed by atoms with Crippen LogP contribution in [0.25, 0.3) is 0 Å². The molecule has 0 unspecified atom stereocenters. The van der Waals surface area contributed by atoms with Crippen LogP contribution >= 0.6 is 12.2 Å². The molecule has 0 radical (unpaired) electrons. The third-order valence-corrected chi connectivity index (χ3v) is 4.92. The number of hydrogen-bond acceptors (Lipinski definition) is 5. The number of benzene rings is 2. The van der Waals surface area contributed by atoms with Crippen molar-refractivity contribution in [2.75, 3.05) is 25.6 Å². The summed E-state index contributed by atoms with van der Waals surface area (Å²) in [5.41, 5.74) is 7.60. The normalized spacial score (nSPS) is 10.7. The Kier molecular flexibility index (Phi) is 9.94. The maximum atomic E-state index is 12.4. The summed E-state index contributed by atoms with van der Waals surface area (Å²) in [5, 5.41) is 10.6. The number of carbonyl (C=O) groups is 1. The predicted octanol–water partition coefficient (Wildman–Crippen LogP) is 4.24. The highest BCUT2D eigenvalue weighted by molar-refractivity contribution is 7.80. The second-order valence-corrected chi connectivity index (χ2v) is 7.91. The van der Waals surface area contributed by atoms with Crippen molar-refractivity contribution >= 4 is 35.1 Å². The highest BCUT2D eigenvalue weighted by Crippen LogP contribution is 2.28. The minimum absolute atomic E-state index is 0.129. The third kappa shape index (κ3) is 7.85. The first-order valence-electron chi connectivity index (χ1n) is 10.6. The third-order valence-electron chi connectivity index (χ3n) is 4.68. The molecule has 0 aromatic heterocycles. The van der Waals surface area contributed by atoms with Crippen molar-refractivity contribution in [3.05, 3.63) is 52.6 Å². The molecule has 0 saturated heterocycles. The van der Waals surface area contributed by atoms with Crippen molar-refractivity contribution in [2.45, 2.75) is 40.5 Å². The molecule has 0 heterocycles. The Balaban J connectivity index is 1.93. The SMILES string of the molecule is CCCCNC(=S)N/N=C\c1ccc(OCC(=O)Nc2c(C)cc(C)cc2C)c(OC)c1. The number of unbranched alkanes of at least 4 members (excludes halogenated alkanes) is 1. The van der Waals surface area contributed by atoms with Gasteiger partial charge in [-0.1, -0.05) is 31.0 Å². The van der Waals surface area contributed by atoms with Gasteiger partial charge in [0.25, 0.3) is 5.91 Å². The molecule has 0 aliphatic heterocycles. The summed E-state index contributed by atoms with van der Waals surface area (Å²) in [7, 11) is 1.55. The first-order valence-corrected chi connectivity index (χ1v) is 11.0. The molecule has 2 aromatic rings. The van der Waals surface area contributed by atoms with Gasteiger partial charge in [-0.3, -0.25) is 10.2 Å². The number of nitrogens with zero attached hydrogens (tertiary/aromatic N) is 1. The van der Waals surface area contributed by atoms with Gasteiger partial charge >= 0.3 is 0 Å². The van der Waals surface area contributed by atoms with Crippen LogP contribution in [-0.2, 0) is 4.79 Å². The average Bonchev–Trinajstić information content (AvgIpc) is 2.75. The number of rotatable bonds is 10. The summed E-state index contributed by atoms with van der Waals surface area (Å²) in [6.07, 6.45) is 3.78. The van der Waals surface area contributed by atoms with Crippen LogP contribution in [0, 0.1) is 20.8 Å². The number of amides is 1. The van der Waals surface area contributed by atoms with Crippen molar-refractivity contribution in [3.8, 4) is 11.5 Å². The molecule has 1 amide bonds. The predicted molar refractivity (Wildman–Crippen MR) is 134 cm³/mol. The number of anilines is 1. The zero-order chi connectivity index (χ0) is 23.5. The van der Waals surface area contributed by atoms with E-state index in [0.717, 1.165) is 47.3 Å². The van der Waals surface area contributed by atoms with Crippen molar-refractivity contribution in [2.24, 2.45) is 5.10 Å². The smallest absolute Gasteiger partial charge is 0.262 e. The average molecular weight is 457 g/mol. The molecule has 0 bridgehead atoms. The van der Waals surface area contributed by atoms with Gasteiger partial charge in [0, 0.05) is 12.2 Å². The number of aryl methyl sites for hydroxylation is 3. The number of thiocarbonyl (C=S) groups is 1. The Bertz CT molecular complexity index is 953. The number of hydrazone groups is 1. The first kappa shape index (κ1) is 25.1. The molecule has 0 saturated carbocycles. The second-order valence-electron chi connectivity index (χ2n) is 7.50. The van der Waals surface area contributed by atoms with Gasteiger partial charge < -0.3 is 20.1 Å². The van der Waals surface area contributed by atoms with Crippen LogP contribution < -0.4 is 25.5 Å². The van der Waals surface area contributed by atoms with Crippen LogP contribution in [0.1, 0.15) is 42.0 Å².